The molecular weight excluding hydrogens is 873 g/mol. The molecule has 4 rings (SSSR count). The fourth-order valence-electron chi connectivity index (χ4n) is 5.47. The molecule has 0 aliphatic rings. The number of nitrogens with zero attached hydrogens (tertiary/aromatic N) is 1. The third kappa shape index (κ3) is 14.9. The molecule has 0 saturated carbocycles. The Kier molecular flexibility index (Phi) is 18.3. The van der Waals surface area contributed by atoms with E-state index in [0.29, 0.717) is 49.0 Å². The number of amides is 6. The number of hydrogen-bond donors (Lipinski definition) is 10. The highest BCUT2D eigenvalue weighted by Gasteiger charge is 2.34. The predicted octanol–water partition coefficient (Wildman–Crippen LogP) is 7.86. The van der Waals surface area contributed by atoms with E-state index in [1.165, 1.54) is 18.2 Å². The number of nitrogens with two attached hydrogens (primary N) is 4. The van der Waals surface area contributed by atoms with Crippen LogP contribution in [-0.2, 0) is 21.9 Å². The molecule has 0 aliphatic carbocycles. The minimum atomic E-state index is -4.83. The van der Waals surface area contributed by atoms with Gasteiger partial charge in [-0.1, -0.05) is 11.3 Å². The van der Waals surface area contributed by atoms with E-state index >= 15 is 0 Å². The van der Waals surface area contributed by atoms with Crippen LogP contribution in [0.2, 0.25) is 0 Å². The van der Waals surface area contributed by atoms with Crippen molar-refractivity contribution < 1.29 is 45.5 Å². The molecule has 3 aromatic carbocycles. The van der Waals surface area contributed by atoms with Crippen LogP contribution in [0.15, 0.2) is 52.3 Å². The second-order valence-corrected chi connectivity index (χ2v) is 16.3. The highest BCUT2D eigenvalue weighted by Crippen LogP contribution is 2.43. The topological polar surface area (TPSA) is 257 Å². The van der Waals surface area contributed by atoms with E-state index in [2.05, 4.69) is 36.9 Å². The first-order valence-electron chi connectivity index (χ1n) is 18.7. The third-order valence-electron chi connectivity index (χ3n) is 8.19. The summed E-state index contributed by atoms with van der Waals surface area (Å²) >= 11 is 3.03. The number of thiazole rings is 1. The minimum Gasteiger partial charge on any atom is -0.330 e. The van der Waals surface area contributed by atoms with Crippen LogP contribution in [-0.4, -0.2) is 66.5 Å². The molecule has 1 heterocycles. The Labute approximate surface area is 358 Å². The van der Waals surface area contributed by atoms with Gasteiger partial charge in [-0.3, -0.25) is 14.9 Å². The minimum absolute atomic E-state index is 0.0145. The molecule has 6 amide bonds. The lowest BCUT2D eigenvalue weighted by atomic mass is 10.1. The normalized spacial score (nSPS) is 11.6. The smallest absolute Gasteiger partial charge is 0.330 e. The van der Waals surface area contributed by atoms with E-state index in [0.717, 1.165) is 59.1 Å². The summed E-state index contributed by atoms with van der Waals surface area (Å²) in [5.74, 6) is -0.580. The summed E-state index contributed by atoms with van der Waals surface area (Å²) in [6.07, 6.45) is -7.71. The molecular formula is C37H45F6N11O4S3. The van der Waals surface area contributed by atoms with Crippen molar-refractivity contribution in [2.75, 3.05) is 69.6 Å². The summed E-state index contributed by atoms with van der Waals surface area (Å²) in [7, 11) is 0. The summed E-state index contributed by atoms with van der Waals surface area (Å²) in [5.41, 5.74) is 19.8. The summed E-state index contributed by atoms with van der Waals surface area (Å²) < 4.78 is 84.3. The number of alkyl halides is 6. The van der Waals surface area contributed by atoms with Crippen LogP contribution in [0.5, 0.6) is 0 Å². The van der Waals surface area contributed by atoms with E-state index in [-0.39, 0.29) is 80.8 Å². The Morgan fingerprint density at radius 3 is 1.44 bits per heavy atom. The summed E-state index contributed by atoms with van der Waals surface area (Å²) in [5, 5.41) is 15.0. The van der Waals surface area contributed by atoms with Crippen LogP contribution in [0.25, 0.3) is 10.2 Å². The van der Waals surface area contributed by atoms with Crippen LogP contribution < -0.4 is 54.8 Å². The standard InChI is InChI=1S/C37H45F6N11O4S3/c38-36(39,40)20-15-24(49-29(55)5-1-3-9-44)31(59-13-11-46)26(17-20)51-33(57)48-22-7-8-23-28(19-22)61-35(53-23)54-34(58)52-27-18-21(37(41,42)43)16-25(32(27)60-14-12-47)50-30(56)6-2-4-10-45/h7-8,15-19H,1-6,9-14,44-47H2,(H,49,55)(H,50,56)(H2,48,51,57)(H2,52,53,54,58). The zero-order chi connectivity index (χ0) is 44.7. The summed E-state index contributed by atoms with van der Waals surface area (Å²) in [6, 6.07) is 5.60. The van der Waals surface area contributed by atoms with E-state index < -0.39 is 47.4 Å². The van der Waals surface area contributed by atoms with Crippen molar-refractivity contribution in [2.45, 2.75) is 60.7 Å². The quantitative estimate of drug-likeness (QED) is 0.0232. The zero-order valence-electron chi connectivity index (χ0n) is 32.4. The van der Waals surface area contributed by atoms with Crippen molar-refractivity contribution >= 4 is 103 Å². The number of unbranched alkanes of at least 4 members (excludes halogenated alkanes) is 2. The predicted molar refractivity (Wildman–Crippen MR) is 230 cm³/mol. The monoisotopic (exact) mass is 917 g/mol. The van der Waals surface area contributed by atoms with Gasteiger partial charge in [-0.2, -0.15) is 26.3 Å². The highest BCUT2D eigenvalue weighted by atomic mass is 32.2. The lowest BCUT2D eigenvalue weighted by Crippen LogP contribution is -2.21. The summed E-state index contributed by atoms with van der Waals surface area (Å²) in [4.78, 5) is 56.3. The molecule has 332 valence electrons. The number of anilines is 6. The van der Waals surface area contributed by atoms with Crippen molar-refractivity contribution in [3.05, 3.63) is 53.6 Å². The average Bonchev–Trinajstić information content (AvgIpc) is 3.57. The number of nitrogens with one attached hydrogen (secondary N) is 6. The van der Waals surface area contributed by atoms with Crippen molar-refractivity contribution in [3.63, 3.8) is 0 Å². The molecule has 15 nitrogen and oxygen atoms in total. The molecule has 0 atom stereocenters. The number of thioether (sulfide) groups is 2. The van der Waals surface area contributed by atoms with Crippen LogP contribution in [0, 0.1) is 0 Å². The van der Waals surface area contributed by atoms with Gasteiger partial charge in [0.1, 0.15) is 0 Å². The molecule has 0 fully saturated rings. The van der Waals surface area contributed by atoms with Gasteiger partial charge in [0.15, 0.2) is 5.13 Å². The van der Waals surface area contributed by atoms with Crippen LogP contribution in [0.4, 0.5) is 69.5 Å². The van der Waals surface area contributed by atoms with Crippen LogP contribution in [0.1, 0.15) is 49.7 Å². The second-order valence-electron chi connectivity index (χ2n) is 13.0. The van der Waals surface area contributed by atoms with Gasteiger partial charge < -0.3 is 49.5 Å². The Morgan fingerprint density at radius 1 is 0.574 bits per heavy atom. The lowest BCUT2D eigenvalue weighted by molar-refractivity contribution is -0.138. The number of rotatable bonds is 20. The molecule has 0 saturated heterocycles. The number of urea groups is 2. The van der Waals surface area contributed by atoms with Gasteiger partial charge in [-0.25, -0.2) is 14.6 Å². The Bertz CT molecular complexity index is 2060. The van der Waals surface area contributed by atoms with E-state index in [1.807, 2.05) is 0 Å². The van der Waals surface area contributed by atoms with Crippen LogP contribution >= 0.6 is 34.9 Å². The Hall–Kier alpha value is -4.85. The number of carbonyl (C=O) groups is 4. The maximum absolute atomic E-state index is 14.0. The Balaban J connectivity index is 1.55. The first-order valence-corrected chi connectivity index (χ1v) is 21.5. The number of hydrogen-bond acceptors (Lipinski definition) is 12. The van der Waals surface area contributed by atoms with Crippen molar-refractivity contribution in [3.8, 4) is 0 Å². The average molecular weight is 918 g/mol. The SMILES string of the molecule is NCCCCC(=O)Nc1cc(C(F)(F)F)cc(NC(=O)Nc2ccc3nc(NC(=O)Nc4cc(C(F)(F)F)cc(NC(=O)CCCCN)c4SCCN)sc3c2)c1SCCN. The first-order chi connectivity index (χ1) is 28.9. The van der Waals surface area contributed by atoms with E-state index in [9.17, 15) is 45.5 Å². The highest BCUT2D eigenvalue weighted by molar-refractivity contribution is 7.99. The second kappa shape index (κ2) is 22.8. The zero-order valence-corrected chi connectivity index (χ0v) is 34.9. The van der Waals surface area contributed by atoms with E-state index in [4.69, 9.17) is 22.9 Å². The number of halogens is 6. The fourth-order valence-corrected chi connectivity index (χ4v) is 8.07. The molecule has 14 N–H and O–H groups in total. The molecule has 0 unspecified atom stereocenters. The third-order valence-corrected chi connectivity index (χ3v) is 11.5. The molecule has 1 aromatic heterocycles. The van der Waals surface area contributed by atoms with Gasteiger partial charge in [0, 0.05) is 43.1 Å². The van der Waals surface area contributed by atoms with Crippen molar-refractivity contribution in [1.82, 2.24) is 4.98 Å². The molecule has 0 spiro atoms. The van der Waals surface area contributed by atoms with Gasteiger partial charge in [0.2, 0.25) is 11.8 Å². The van der Waals surface area contributed by atoms with Gasteiger partial charge in [0.25, 0.3) is 0 Å². The number of benzene rings is 3. The molecule has 24 heteroatoms. The number of aromatic nitrogens is 1. The lowest BCUT2D eigenvalue weighted by Gasteiger charge is -2.19. The van der Waals surface area contributed by atoms with Crippen molar-refractivity contribution in [2.24, 2.45) is 22.9 Å². The number of carbonyl (C=O) groups excluding carboxylic acids is 4. The largest absolute Gasteiger partial charge is 0.416 e. The van der Waals surface area contributed by atoms with Gasteiger partial charge in [0.05, 0.1) is 53.9 Å². The van der Waals surface area contributed by atoms with Gasteiger partial charge in [-0.05, 0) is 81.2 Å². The molecule has 4 aromatic rings. The maximum atomic E-state index is 14.0. The van der Waals surface area contributed by atoms with Gasteiger partial charge >= 0.3 is 24.4 Å². The van der Waals surface area contributed by atoms with Gasteiger partial charge in [-0.15, -0.1) is 23.5 Å². The molecule has 0 bridgehead atoms. The molecule has 0 aliphatic heterocycles. The number of fused-ring (bicyclic) bond motifs is 1. The fraction of sp³-hybridized carbons (Fsp3) is 0.378. The molecule has 0 radical (unpaired) electrons. The first kappa shape index (κ1) is 48.8. The molecule has 61 heavy (non-hydrogen) atoms. The van der Waals surface area contributed by atoms with Crippen molar-refractivity contribution in [1.29, 1.82) is 0 Å². The summed E-state index contributed by atoms with van der Waals surface area (Å²) in [6.45, 7) is 0.965. The Morgan fingerprint density at radius 2 is 1.02 bits per heavy atom. The van der Waals surface area contributed by atoms with E-state index in [1.54, 1.807) is 0 Å². The maximum Gasteiger partial charge on any atom is 0.416 e. The van der Waals surface area contributed by atoms with Crippen LogP contribution in [0.3, 0.4) is 0 Å².